The van der Waals surface area contributed by atoms with Crippen molar-refractivity contribution in [2.75, 3.05) is 7.11 Å². The summed E-state index contributed by atoms with van der Waals surface area (Å²) in [6.45, 7) is 0. The van der Waals surface area contributed by atoms with E-state index in [0.29, 0.717) is 5.57 Å². The third-order valence-electron chi connectivity index (χ3n) is 2.90. The van der Waals surface area contributed by atoms with Crippen LogP contribution in [-0.2, 0) is 9.53 Å². The number of hydrogen-bond donors (Lipinski definition) is 0. The molecule has 2 aromatic rings. The molecule has 5 nitrogen and oxygen atoms in total. The van der Waals surface area contributed by atoms with Gasteiger partial charge in [0.2, 0.25) is 0 Å². The normalized spacial score (nSPS) is 19.3. The number of hydrogen-bond acceptors (Lipinski definition) is 4. The second-order valence-corrected chi connectivity index (χ2v) is 3.89. The van der Waals surface area contributed by atoms with E-state index in [4.69, 9.17) is 9.15 Å². The zero-order valence-corrected chi connectivity index (χ0v) is 9.66. The van der Waals surface area contributed by atoms with E-state index in [1.165, 1.54) is 7.11 Å². The van der Waals surface area contributed by atoms with Gasteiger partial charge in [0.05, 0.1) is 12.5 Å². The average Bonchev–Trinajstić information content (AvgIpc) is 2.86. The molecule has 0 fully saturated rings. The number of fused-ring (bicyclic) bond motifs is 1. The highest BCUT2D eigenvalue weighted by Gasteiger charge is 2.27. The molecule has 0 saturated heterocycles. The van der Waals surface area contributed by atoms with E-state index in [9.17, 15) is 4.79 Å². The zero-order chi connectivity index (χ0) is 12.5. The summed E-state index contributed by atoms with van der Waals surface area (Å²) in [4.78, 5) is 11.6. The Kier molecular flexibility index (Phi) is 2.53. The van der Waals surface area contributed by atoms with Crippen LogP contribution in [-0.4, -0.2) is 19.1 Å². The molecule has 3 rings (SSSR count). The molecule has 0 N–H and O–H groups in total. The highest BCUT2D eigenvalue weighted by Crippen LogP contribution is 2.31. The third-order valence-corrected chi connectivity index (χ3v) is 2.90. The van der Waals surface area contributed by atoms with E-state index >= 15 is 0 Å². The van der Waals surface area contributed by atoms with E-state index in [1.54, 1.807) is 12.5 Å². The number of methoxy groups -OCH3 is 1. The lowest BCUT2D eigenvalue weighted by atomic mass is 9.97. The van der Waals surface area contributed by atoms with Crippen molar-refractivity contribution in [2.45, 2.75) is 6.10 Å². The van der Waals surface area contributed by atoms with Gasteiger partial charge < -0.3 is 9.15 Å². The summed E-state index contributed by atoms with van der Waals surface area (Å²) in [6.07, 6.45) is 2.46. The van der Waals surface area contributed by atoms with Crippen molar-refractivity contribution in [2.24, 2.45) is 10.2 Å². The van der Waals surface area contributed by atoms with Gasteiger partial charge >= 0.3 is 0 Å². The number of carbonyl (C=O) groups excluding carboxylic acids is 1. The number of azo groups is 1. The summed E-state index contributed by atoms with van der Waals surface area (Å²) >= 11 is 0. The Morgan fingerprint density at radius 1 is 1.33 bits per heavy atom. The van der Waals surface area contributed by atoms with Gasteiger partial charge in [-0.05, 0) is 17.7 Å². The molecular weight excluding hydrogens is 232 g/mol. The summed E-state index contributed by atoms with van der Waals surface area (Å²) in [5.74, 6) is -0.393. The molecule has 90 valence electrons. The molecule has 1 amide bonds. The first kappa shape index (κ1) is 10.9. The maximum Gasteiger partial charge on any atom is 0.297 e. The molecule has 1 aliphatic heterocycles. The van der Waals surface area contributed by atoms with Gasteiger partial charge in [0.15, 0.2) is 6.10 Å². The van der Waals surface area contributed by atoms with E-state index in [2.05, 4.69) is 10.2 Å². The SMILES string of the molecule is COC1C(=O)N=NC=C1c1cccc2occc12. The van der Waals surface area contributed by atoms with Gasteiger partial charge in [0.25, 0.3) is 5.91 Å². The number of rotatable bonds is 2. The van der Waals surface area contributed by atoms with Crippen LogP contribution in [0.25, 0.3) is 16.5 Å². The molecule has 1 aromatic heterocycles. The number of benzene rings is 1. The van der Waals surface area contributed by atoms with Crippen LogP contribution in [0.3, 0.4) is 0 Å². The molecule has 18 heavy (non-hydrogen) atoms. The fourth-order valence-corrected chi connectivity index (χ4v) is 2.09. The molecule has 5 heteroatoms. The van der Waals surface area contributed by atoms with Crippen LogP contribution >= 0.6 is 0 Å². The lowest BCUT2D eigenvalue weighted by Gasteiger charge is -2.17. The number of carbonyl (C=O) groups is 1. The maximum absolute atomic E-state index is 11.6. The lowest BCUT2D eigenvalue weighted by Crippen LogP contribution is -2.24. The zero-order valence-electron chi connectivity index (χ0n) is 9.66. The van der Waals surface area contributed by atoms with Gasteiger partial charge in [0, 0.05) is 18.1 Å². The van der Waals surface area contributed by atoms with Crippen LogP contribution in [0.15, 0.2) is 51.4 Å². The van der Waals surface area contributed by atoms with Crippen LogP contribution in [0.5, 0.6) is 0 Å². The molecule has 0 radical (unpaired) electrons. The Labute approximate surface area is 103 Å². The summed E-state index contributed by atoms with van der Waals surface area (Å²) in [7, 11) is 1.48. The maximum atomic E-state index is 11.6. The van der Waals surface area contributed by atoms with Gasteiger partial charge in [-0.3, -0.25) is 4.79 Å². The first-order chi connectivity index (χ1) is 8.81. The number of amides is 1. The van der Waals surface area contributed by atoms with Crippen molar-refractivity contribution in [3.8, 4) is 0 Å². The quantitative estimate of drug-likeness (QED) is 0.813. The van der Waals surface area contributed by atoms with Crippen LogP contribution in [0.2, 0.25) is 0 Å². The Bertz CT molecular complexity index is 670. The Balaban J connectivity index is 2.19. The molecule has 0 aliphatic carbocycles. The van der Waals surface area contributed by atoms with Gasteiger partial charge in [-0.2, -0.15) is 5.11 Å². The molecule has 0 spiro atoms. The molecule has 0 saturated carbocycles. The van der Waals surface area contributed by atoms with Crippen LogP contribution in [0.1, 0.15) is 5.56 Å². The Hall–Kier alpha value is -2.27. The minimum Gasteiger partial charge on any atom is -0.464 e. The standard InChI is InChI=1S/C13H10N2O3/c1-17-12-10(7-14-15-13(12)16)8-3-2-4-11-9(8)5-6-18-11/h2-7,12H,1H3. The van der Waals surface area contributed by atoms with Crippen molar-refractivity contribution in [1.82, 2.24) is 0 Å². The van der Waals surface area contributed by atoms with E-state index in [-0.39, 0.29) is 0 Å². The minimum atomic E-state index is -0.706. The number of nitrogens with zero attached hydrogens (tertiary/aromatic N) is 2. The minimum absolute atomic E-state index is 0.393. The number of furan rings is 1. The van der Waals surface area contributed by atoms with Gasteiger partial charge in [-0.1, -0.05) is 12.1 Å². The van der Waals surface area contributed by atoms with Crippen LogP contribution in [0.4, 0.5) is 0 Å². The van der Waals surface area contributed by atoms with Crippen molar-refractivity contribution in [1.29, 1.82) is 0 Å². The number of ether oxygens (including phenoxy) is 1. The molecular formula is C13H10N2O3. The molecule has 1 aliphatic rings. The molecule has 0 bridgehead atoms. The van der Waals surface area contributed by atoms with E-state index < -0.39 is 12.0 Å². The summed E-state index contributed by atoms with van der Waals surface area (Å²) in [6, 6.07) is 7.50. The fraction of sp³-hybridized carbons (Fsp3) is 0.154. The predicted molar refractivity (Wildman–Crippen MR) is 64.9 cm³/mol. The van der Waals surface area contributed by atoms with Crippen LogP contribution in [0, 0.1) is 0 Å². The largest absolute Gasteiger partial charge is 0.464 e. The van der Waals surface area contributed by atoms with Gasteiger partial charge in [-0.25, -0.2) is 0 Å². The first-order valence-corrected chi connectivity index (χ1v) is 5.45. The second kappa shape index (κ2) is 4.19. The molecule has 1 unspecified atom stereocenters. The highest BCUT2D eigenvalue weighted by molar-refractivity contribution is 6.01. The first-order valence-electron chi connectivity index (χ1n) is 5.45. The second-order valence-electron chi connectivity index (χ2n) is 3.89. The third kappa shape index (κ3) is 1.56. The van der Waals surface area contributed by atoms with Crippen molar-refractivity contribution in [3.63, 3.8) is 0 Å². The van der Waals surface area contributed by atoms with E-state index in [1.807, 2.05) is 24.3 Å². The average molecular weight is 242 g/mol. The van der Waals surface area contributed by atoms with Gasteiger partial charge in [0.1, 0.15) is 5.58 Å². The van der Waals surface area contributed by atoms with Crippen molar-refractivity contribution in [3.05, 3.63) is 42.3 Å². The van der Waals surface area contributed by atoms with Crippen molar-refractivity contribution >= 4 is 22.4 Å². The fourth-order valence-electron chi connectivity index (χ4n) is 2.09. The Morgan fingerprint density at radius 2 is 2.22 bits per heavy atom. The van der Waals surface area contributed by atoms with Gasteiger partial charge in [-0.15, -0.1) is 5.11 Å². The lowest BCUT2D eigenvalue weighted by molar-refractivity contribution is -0.125. The molecule has 1 atom stereocenters. The van der Waals surface area contributed by atoms with Crippen molar-refractivity contribution < 1.29 is 13.9 Å². The smallest absolute Gasteiger partial charge is 0.297 e. The summed E-state index contributed by atoms with van der Waals surface area (Å²) < 4.78 is 10.5. The highest BCUT2D eigenvalue weighted by atomic mass is 16.5. The molecule has 1 aromatic carbocycles. The predicted octanol–water partition coefficient (Wildman–Crippen LogP) is 2.78. The Morgan fingerprint density at radius 3 is 3.06 bits per heavy atom. The van der Waals surface area contributed by atoms with Crippen LogP contribution < -0.4 is 0 Å². The monoisotopic (exact) mass is 242 g/mol. The van der Waals surface area contributed by atoms with E-state index in [0.717, 1.165) is 16.5 Å². The summed E-state index contributed by atoms with van der Waals surface area (Å²) in [5.41, 5.74) is 2.34. The molecule has 2 heterocycles. The summed E-state index contributed by atoms with van der Waals surface area (Å²) in [5, 5.41) is 8.12. The topological polar surface area (TPSA) is 64.2 Å².